The van der Waals surface area contributed by atoms with E-state index in [1.807, 2.05) is 6.07 Å². The number of aromatic hydroxyl groups is 1. The fraction of sp³-hybridized carbons (Fsp3) is 0.667. The van der Waals surface area contributed by atoms with Gasteiger partial charge in [-0.25, -0.2) is 0 Å². The molecule has 0 unspecified atom stereocenters. The Morgan fingerprint density at radius 2 is 1.25 bits per heavy atom. The molecule has 1 aromatic carbocycles. The van der Waals surface area contributed by atoms with Crippen molar-refractivity contribution in [2.75, 3.05) is 0 Å². The van der Waals surface area contributed by atoms with E-state index in [-0.39, 0.29) is 8.41 Å². The van der Waals surface area contributed by atoms with E-state index in [0.29, 0.717) is 5.75 Å². The third-order valence-corrected chi connectivity index (χ3v) is 3.86. The van der Waals surface area contributed by atoms with Gasteiger partial charge in [0.25, 0.3) is 0 Å². The molecule has 0 fully saturated rings. The van der Waals surface area contributed by atoms with Gasteiger partial charge in [0.15, 0.2) is 0 Å². The van der Waals surface area contributed by atoms with Crippen LogP contribution in [0.2, 0.25) is 0 Å². The standard InChI is InChI=1S/C18H30O.B/c1-4-7-10-15-13-14-18(19)17(12-9-6-3)16(15)11-8-5-2;/h13-14,19H,4-12H2,1-3H3;. The minimum Gasteiger partial charge on any atom is -0.508 e. The van der Waals surface area contributed by atoms with Crippen LogP contribution in [0.25, 0.3) is 0 Å². The summed E-state index contributed by atoms with van der Waals surface area (Å²) in [7, 11) is 0. The molecule has 0 aliphatic rings. The van der Waals surface area contributed by atoms with Crippen molar-refractivity contribution in [2.45, 2.75) is 78.6 Å². The van der Waals surface area contributed by atoms with Gasteiger partial charge in [-0.2, -0.15) is 0 Å². The van der Waals surface area contributed by atoms with Gasteiger partial charge in [0.1, 0.15) is 5.75 Å². The predicted molar refractivity (Wildman–Crippen MR) is 89.7 cm³/mol. The van der Waals surface area contributed by atoms with Crippen molar-refractivity contribution in [2.24, 2.45) is 0 Å². The van der Waals surface area contributed by atoms with Crippen molar-refractivity contribution < 1.29 is 5.11 Å². The number of rotatable bonds is 9. The lowest BCUT2D eigenvalue weighted by Gasteiger charge is -2.16. The Morgan fingerprint density at radius 1 is 0.750 bits per heavy atom. The lowest BCUT2D eigenvalue weighted by atomic mass is 9.90. The predicted octanol–water partition coefficient (Wildman–Crippen LogP) is 5.04. The number of benzene rings is 1. The number of phenolic OH excluding ortho intramolecular Hbond substituents is 1. The van der Waals surface area contributed by atoms with E-state index in [2.05, 4.69) is 26.8 Å². The molecule has 3 radical (unpaired) electrons. The molecule has 111 valence electrons. The topological polar surface area (TPSA) is 20.2 Å². The summed E-state index contributed by atoms with van der Waals surface area (Å²) in [6, 6.07) is 4.05. The summed E-state index contributed by atoms with van der Waals surface area (Å²) in [5.74, 6) is 0.514. The van der Waals surface area contributed by atoms with Crippen molar-refractivity contribution in [1.29, 1.82) is 0 Å². The van der Waals surface area contributed by atoms with Crippen molar-refractivity contribution in [3.05, 3.63) is 28.8 Å². The molecule has 1 rings (SSSR count). The van der Waals surface area contributed by atoms with Crippen molar-refractivity contribution in [1.82, 2.24) is 0 Å². The Hall–Kier alpha value is -0.915. The molecule has 0 heterocycles. The minimum absolute atomic E-state index is 0. The Labute approximate surface area is 127 Å². The monoisotopic (exact) mass is 273 g/mol. The number of hydrogen-bond acceptors (Lipinski definition) is 1. The Morgan fingerprint density at radius 3 is 1.80 bits per heavy atom. The molecule has 20 heavy (non-hydrogen) atoms. The number of phenols is 1. The van der Waals surface area contributed by atoms with E-state index < -0.39 is 0 Å². The van der Waals surface area contributed by atoms with Crippen LogP contribution in [0.1, 0.15) is 76.0 Å². The summed E-state index contributed by atoms with van der Waals surface area (Å²) in [4.78, 5) is 0. The van der Waals surface area contributed by atoms with Gasteiger partial charge in [-0.1, -0.05) is 46.1 Å². The van der Waals surface area contributed by atoms with Crippen LogP contribution in [0.5, 0.6) is 5.75 Å². The van der Waals surface area contributed by atoms with Crippen LogP contribution in [0, 0.1) is 0 Å². The van der Waals surface area contributed by atoms with E-state index in [9.17, 15) is 5.11 Å². The molecular weight excluding hydrogens is 243 g/mol. The van der Waals surface area contributed by atoms with Crippen LogP contribution < -0.4 is 0 Å². The Kier molecular flexibility index (Phi) is 10.3. The molecule has 0 amide bonds. The van der Waals surface area contributed by atoms with Gasteiger partial charge < -0.3 is 5.11 Å². The van der Waals surface area contributed by atoms with E-state index in [4.69, 9.17) is 0 Å². The molecule has 0 aliphatic heterocycles. The van der Waals surface area contributed by atoms with Gasteiger partial charge in [-0.15, -0.1) is 0 Å². The maximum atomic E-state index is 10.2. The first-order chi connectivity index (χ1) is 9.24. The number of unbranched alkanes of at least 4 members (excludes halogenated alkanes) is 3. The van der Waals surface area contributed by atoms with Crippen molar-refractivity contribution in [3.63, 3.8) is 0 Å². The second kappa shape index (κ2) is 10.8. The second-order valence-electron chi connectivity index (χ2n) is 5.51. The molecule has 0 bridgehead atoms. The zero-order valence-corrected chi connectivity index (χ0v) is 13.5. The largest absolute Gasteiger partial charge is 0.508 e. The fourth-order valence-corrected chi connectivity index (χ4v) is 2.63. The van der Waals surface area contributed by atoms with E-state index >= 15 is 0 Å². The quantitative estimate of drug-likeness (QED) is 0.625. The summed E-state index contributed by atoms with van der Waals surface area (Å²) >= 11 is 0. The van der Waals surface area contributed by atoms with Gasteiger partial charge in [0.2, 0.25) is 0 Å². The van der Waals surface area contributed by atoms with Crippen LogP contribution in [-0.4, -0.2) is 13.5 Å². The third-order valence-electron chi connectivity index (χ3n) is 3.86. The number of hydrogen-bond donors (Lipinski definition) is 1. The molecule has 1 aromatic rings. The SMILES string of the molecule is CCCCc1ccc(O)c(CCCC)c1CCCC.[B]. The summed E-state index contributed by atoms with van der Waals surface area (Å²) in [6.07, 6.45) is 10.6. The molecule has 0 saturated carbocycles. The van der Waals surface area contributed by atoms with E-state index in [0.717, 1.165) is 19.3 Å². The van der Waals surface area contributed by atoms with Crippen LogP contribution in [0.15, 0.2) is 12.1 Å². The van der Waals surface area contributed by atoms with Crippen LogP contribution in [0.3, 0.4) is 0 Å². The van der Waals surface area contributed by atoms with Crippen LogP contribution >= 0.6 is 0 Å². The highest BCUT2D eigenvalue weighted by molar-refractivity contribution is 5.75. The molecule has 0 spiro atoms. The van der Waals surface area contributed by atoms with Gasteiger partial charge in [0.05, 0.1) is 0 Å². The van der Waals surface area contributed by atoms with E-state index in [1.54, 1.807) is 0 Å². The van der Waals surface area contributed by atoms with Gasteiger partial charge >= 0.3 is 0 Å². The smallest absolute Gasteiger partial charge is 0.119 e. The molecule has 1 N–H and O–H groups in total. The maximum Gasteiger partial charge on any atom is 0.119 e. The summed E-state index contributed by atoms with van der Waals surface area (Å²) in [5.41, 5.74) is 4.15. The summed E-state index contributed by atoms with van der Waals surface area (Å²) < 4.78 is 0. The maximum absolute atomic E-state index is 10.2. The zero-order valence-electron chi connectivity index (χ0n) is 13.5. The van der Waals surface area contributed by atoms with Crippen LogP contribution in [-0.2, 0) is 19.3 Å². The highest BCUT2D eigenvalue weighted by Crippen LogP contribution is 2.29. The highest BCUT2D eigenvalue weighted by atomic mass is 16.3. The first-order valence-corrected chi connectivity index (χ1v) is 8.07. The first kappa shape index (κ1) is 19.1. The highest BCUT2D eigenvalue weighted by Gasteiger charge is 2.12. The molecule has 2 heteroatoms. The molecule has 0 aliphatic carbocycles. The zero-order chi connectivity index (χ0) is 14.1. The Bertz CT molecular complexity index is 374. The summed E-state index contributed by atoms with van der Waals surface area (Å²) in [6.45, 7) is 6.69. The van der Waals surface area contributed by atoms with Gasteiger partial charge in [0, 0.05) is 8.41 Å². The summed E-state index contributed by atoms with van der Waals surface area (Å²) in [5, 5.41) is 10.2. The number of aryl methyl sites for hydroxylation is 1. The molecule has 0 aromatic heterocycles. The lowest BCUT2D eigenvalue weighted by molar-refractivity contribution is 0.465. The van der Waals surface area contributed by atoms with Crippen LogP contribution in [0.4, 0.5) is 0 Å². The van der Waals surface area contributed by atoms with Gasteiger partial charge in [-0.3, -0.25) is 0 Å². The average molecular weight is 273 g/mol. The molecule has 0 saturated heterocycles. The van der Waals surface area contributed by atoms with Gasteiger partial charge in [-0.05, 0) is 61.3 Å². The molecule has 1 nitrogen and oxygen atoms in total. The molecular formula is C18H30BO. The van der Waals surface area contributed by atoms with Crippen molar-refractivity contribution in [3.8, 4) is 5.75 Å². The Balaban J connectivity index is 0.00000361. The normalized spacial score (nSPS) is 10.3. The molecule has 0 atom stereocenters. The second-order valence-corrected chi connectivity index (χ2v) is 5.51. The minimum atomic E-state index is 0. The van der Waals surface area contributed by atoms with Crippen molar-refractivity contribution >= 4 is 8.41 Å². The first-order valence-electron chi connectivity index (χ1n) is 8.07. The lowest BCUT2D eigenvalue weighted by Crippen LogP contribution is -2.02. The fourth-order valence-electron chi connectivity index (χ4n) is 2.63. The third kappa shape index (κ3) is 5.60. The average Bonchev–Trinajstić information content (AvgIpc) is 2.42. The van der Waals surface area contributed by atoms with E-state index in [1.165, 1.54) is 55.2 Å².